The van der Waals surface area contributed by atoms with E-state index in [0.29, 0.717) is 9.39 Å². The first-order valence-corrected chi connectivity index (χ1v) is 6.23. The minimum absolute atomic E-state index is 0.340. The number of halogens is 6. The van der Waals surface area contributed by atoms with Crippen LogP contribution in [0.25, 0.3) is 0 Å². The molecule has 0 aromatic carbocycles. The van der Waals surface area contributed by atoms with Crippen LogP contribution < -0.4 is 0 Å². The third kappa shape index (κ3) is 2.57. The predicted molar refractivity (Wildman–Crippen MR) is 41.5 cm³/mol. The van der Waals surface area contributed by atoms with Crippen molar-refractivity contribution in [1.82, 2.24) is 3.48 Å². The monoisotopic (exact) mass is 313 g/mol. The van der Waals surface area contributed by atoms with Gasteiger partial charge in [0, 0.05) is 0 Å². The lowest BCUT2D eigenvalue weighted by Crippen LogP contribution is -2.43. The maximum atomic E-state index is 11.7. The maximum absolute atomic E-state index is 11.7. The van der Waals surface area contributed by atoms with Crippen LogP contribution in [0.1, 0.15) is 0 Å². The molecule has 0 aromatic rings. The van der Waals surface area contributed by atoms with Crippen LogP contribution in [-0.4, -0.2) is 31.3 Å². The standard InChI is InChI=1S/C2H2F6NO4PS2/c3-1(4,5)15(10,11)9(14)16(12,13)2(6,7)8/h14H2. The number of sulfonamides is 2. The Balaban J connectivity index is 5.70. The van der Waals surface area contributed by atoms with Gasteiger partial charge in [0.15, 0.2) is 0 Å². The van der Waals surface area contributed by atoms with Crippen LogP contribution in [0.2, 0.25) is 0 Å². The van der Waals surface area contributed by atoms with E-state index >= 15 is 0 Å². The Bertz CT molecular complexity index is 416. The van der Waals surface area contributed by atoms with Gasteiger partial charge >= 0.3 is 31.1 Å². The summed E-state index contributed by atoms with van der Waals surface area (Å²) in [4.78, 5) is 0. The van der Waals surface area contributed by atoms with E-state index in [1.165, 1.54) is 0 Å². The summed E-state index contributed by atoms with van der Waals surface area (Å²) in [7, 11) is -12.9. The fourth-order valence-electron chi connectivity index (χ4n) is 0.333. The lowest BCUT2D eigenvalue weighted by Gasteiger charge is -2.19. The molecule has 1 atom stereocenters. The highest BCUT2D eigenvalue weighted by Gasteiger charge is 2.60. The minimum Gasteiger partial charge on any atom is -0.201 e. The largest absolute Gasteiger partial charge is 0.512 e. The van der Waals surface area contributed by atoms with E-state index in [2.05, 4.69) is 0 Å². The molecule has 0 aromatic heterocycles. The van der Waals surface area contributed by atoms with E-state index in [1.54, 1.807) is 0 Å². The molecular formula is C2H2F6NO4PS2. The summed E-state index contributed by atoms with van der Waals surface area (Å²) in [5, 5.41) is 0. The molecule has 14 heteroatoms. The number of alkyl halides is 6. The summed E-state index contributed by atoms with van der Waals surface area (Å²) >= 11 is 0. The lowest BCUT2D eigenvalue weighted by molar-refractivity contribution is -0.0504. The molecule has 0 aliphatic carbocycles. The number of nitrogens with zero attached hydrogens (tertiary/aromatic N) is 1. The molecule has 0 saturated heterocycles. The van der Waals surface area contributed by atoms with Gasteiger partial charge in [0.05, 0.1) is 0 Å². The van der Waals surface area contributed by atoms with Crippen molar-refractivity contribution in [2.45, 2.75) is 11.0 Å². The van der Waals surface area contributed by atoms with Crippen molar-refractivity contribution in [2.24, 2.45) is 0 Å². The second kappa shape index (κ2) is 3.96. The van der Waals surface area contributed by atoms with Gasteiger partial charge in [-0.2, -0.15) is 26.3 Å². The smallest absolute Gasteiger partial charge is 0.201 e. The maximum Gasteiger partial charge on any atom is 0.512 e. The highest BCUT2D eigenvalue weighted by atomic mass is 32.3. The van der Waals surface area contributed by atoms with Crippen LogP contribution in [0, 0.1) is 0 Å². The van der Waals surface area contributed by atoms with E-state index in [4.69, 9.17) is 0 Å². The van der Waals surface area contributed by atoms with Gasteiger partial charge in [-0.3, -0.25) is 0 Å². The second-order valence-corrected chi connectivity index (χ2v) is 7.24. The molecule has 16 heavy (non-hydrogen) atoms. The molecule has 0 fully saturated rings. The molecule has 0 aliphatic heterocycles. The van der Waals surface area contributed by atoms with Gasteiger partial charge in [-0.25, -0.2) is 16.8 Å². The Morgan fingerprint density at radius 3 is 1.06 bits per heavy atom. The minimum atomic E-state index is -6.63. The summed E-state index contributed by atoms with van der Waals surface area (Å²) in [5.41, 5.74) is -12.3. The third-order valence-corrected chi connectivity index (χ3v) is 6.02. The summed E-state index contributed by atoms with van der Waals surface area (Å²) in [5.74, 6) is 0. The topological polar surface area (TPSA) is 71.5 Å². The zero-order valence-electron chi connectivity index (χ0n) is 6.74. The molecule has 0 rings (SSSR count). The Morgan fingerprint density at radius 1 is 0.750 bits per heavy atom. The molecule has 0 radical (unpaired) electrons. The Hall–Kier alpha value is -0.130. The van der Waals surface area contributed by atoms with Gasteiger partial charge in [0.25, 0.3) is 0 Å². The molecule has 0 saturated carbocycles. The van der Waals surface area contributed by atoms with Crippen LogP contribution in [0.3, 0.4) is 0 Å². The van der Waals surface area contributed by atoms with Crippen molar-refractivity contribution < 1.29 is 43.2 Å². The van der Waals surface area contributed by atoms with Crippen LogP contribution in [-0.2, 0) is 20.0 Å². The second-order valence-electron chi connectivity index (χ2n) is 2.13. The first-order valence-electron chi connectivity index (χ1n) is 2.83. The summed E-state index contributed by atoms with van der Waals surface area (Å²) in [6.45, 7) is 0. The van der Waals surface area contributed by atoms with Crippen LogP contribution in [0.5, 0.6) is 0 Å². The molecule has 0 amide bonds. The van der Waals surface area contributed by atoms with E-state index < -0.39 is 34.5 Å². The SMILES string of the molecule is O=S(=O)(N(P)S(=O)(=O)C(F)(F)F)C(F)(F)F. The van der Waals surface area contributed by atoms with Gasteiger partial charge in [-0.05, 0) is 9.39 Å². The molecular weight excluding hydrogens is 311 g/mol. The fourth-order valence-corrected chi connectivity index (χ4v) is 3.00. The van der Waals surface area contributed by atoms with Gasteiger partial charge in [-0.1, -0.05) is 3.48 Å². The van der Waals surface area contributed by atoms with Crippen molar-refractivity contribution in [3.8, 4) is 0 Å². The van der Waals surface area contributed by atoms with E-state index in [1.807, 2.05) is 0 Å². The highest BCUT2D eigenvalue weighted by Crippen LogP contribution is 2.37. The average Bonchev–Trinajstić information content (AvgIpc) is 1.98. The van der Waals surface area contributed by atoms with Gasteiger partial charge in [0.1, 0.15) is 0 Å². The summed E-state index contributed by atoms with van der Waals surface area (Å²) in [6, 6.07) is 0. The summed E-state index contributed by atoms with van der Waals surface area (Å²) < 4.78 is 110. The molecule has 0 aliphatic rings. The Labute approximate surface area is 87.8 Å². The fraction of sp³-hybridized carbons (Fsp3) is 1.00. The molecule has 0 spiro atoms. The van der Waals surface area contributed by atoms with Crippen molar-refractivity contribution in [1.29, 1.82) is 0 Å². The Kier molecular flexibility index (Phi) is 3.93. The molecule has 98 valence electrons. The van der Waals surface area contributed by atoms with Crippen LogP contribution in [0.4, 0.5) is 26.3 Å². The molecule has 1 unspecified atom stereocenters. The van der Waals surface area contributed by atoms with Crippen LogP contribution >= 0.6 is 9.39 Å². The molecule has 5 nitrogen and oxygen atoms in total. The van der Waals surface area contributed by atoms with E-state index in [-0.39, 0.29) is 0 Å². The van der Waals surface area contributed by atoms with Crippen molar-refractivity contribution in [2.75, 3.05) is 0 Å². The first-order chi connectivity index (χ1) is 6.65. The zero-order valence-corrected chi connectivity index (χ0v) is 9.53. The lowest BCUT2D eigenvalue weighted by atomic mass is 11.6. The average molecular weight is 313 g/mol. The van der Waals surface area contributed by atoms with Crippen molar-refractivity contribution in [3.63, 3.8) is 0 Å². The molecule has 0 heterocycles. The Morgan fingerprint density at radius 2 is 0.938 bits per heavy atom. The normalized spacial score (nSPS) is 15.5. The predicted octanol–water partition coefficient (Wildman–Crippen LogP) is 0.778. The van der Waals surface area contributed by atoms with Crippen molar-refractivity contribution in [3.05, 3.63) is 0 Å². The van der Waals surface area contributed by atoms with Gasteiger partial charge in [0.2, 0.25) is 0 Å². The molecule has 0 bridgehead atoms. The van der Waals surface area contributed by atoms with Gasteiger partial charge < -0.3 is 0 Å². The van der Waals surface area contributed by atoms with E-state index in [9.17, 15) is 43.2 Å². The van der Waals surface area contributed by atoms with Gasteiger partial charge in [-0.15, -0.1) is 0 Å². The quantitative estimate of drug-likeness (QED) is 0.558. The zero-order chi connectivity index (χ0) is 13.6. The van der Waals surface area contributed by atoms with Crippen molar-refractivity contribution >= 4 is 29.4 Å². The van der Waals surface area contributed by atoms with E-state index in [0.717, 1.165) is 0 Å². The first kappa shape index (κ1) is 15.9. The third-order valence-electron chi connectivity index (χ3n) is 1.06. The number of hydrogen-bond acceptors (Lipinski definition) is 4. The molecule has 0 N–H and O–H groups in total. The number of hydrogen-bond donors (Lipinski definition) is 0. The summed E-state index contributed by atoms with van der Waals surface area (Å²) in [6.07, 6.45) is 0. The van der Waals surface area contributed by atoms with Crippen LogP contribution in [0.15, 0.2) is 0 Å². The highest BCUT2D eigenvalue weighted by molar-refractivity contribution is 8.08. The number of rotatable bonds is 2.